The summed E-state index contributed by atoms with van der Waals surface area (Å²) in [5.41, 5.74) is 2.11. The van der Waals surface area contributed by atoms with Crippen molar-refractivity contribution in [1.82, 2.24) is 19.6 Å². The average molecular weight is 596 g/mol. The summed E-state index contributed by atoms with van der Waals surface area (Å²) in [4.78, 5) is 51.1. The topological polar surface area (TPSA) is 159 Å². The standard InChI is InChI=1S/C31H25N5O8/c1-16(37)42-15-25-24(43-17(2)38)11-26(44-25)35-13-18(32-33-35)12-34-22-9-5-3-7-19(22)28-29(34)31(40)27-20-8-4-6-10-23(20)36(41)14-21(27)30(28)39/h3-10,13-14,24-26H,11-12,15H2,1-2H3/t24-,25+,26+/m0/s1. The van der Waals surface area contributed by atoms with Gasteiger partial charge in [0.25, 0.3) is 0 Å². The van der Waals surface area contributed by atoms with Gasteiger partial charge in [-0.1, -0.05) is 35.5 Å². The lowest BCUT2D eigenvalue weighted by molar-refractivity contribution is -0.577. The molecule has 0 bridgehead atoms. The number of carbonyl (C=O) groups is 4. The van der Waals surface area contributed by atoms with Gasteiger partial charge in [-0.25, -0.2) is 4.68 Å². The first kappa shape index (κ1) is 27.4. The summed E-state index contributed by atoms with van der Waals surface area (Å²) in [6.45, 7) is 2.58. The summed E-state index contributed by atoms with van der Waals surface area (Å²) in [7, 11) is 0. The van der Waals surface area contributed by atoms with Crippen LogP contribution in [0.25, 0.3) is 21.8 Å². The molecule has 1 fully saturated rings. The number of aromatic nitrogens is 5. The largest absolute Gasteiger partial charge is 0.618 e. The van der Waals surface area contributed by atoms with E-state index in [1.54, 1.807) is 47.2 Å². The summed E-state index contributed by atoms with van der Waals surface area (Å²) in [6, 6.07) is 13.9. The lowest BCUT2D eigenvalue weighted by Gasteiger charge is -2.18. The van der Waals surface area contributed by atoms with Gasteiger partial charge in [0.05, 0.1) is 34.8 Å². The zero-order valence-electron chi connectivity index (χ0n) is 23.6. The van der Waals surface area contributed by atoms with Crippen molar-refractivity contribution in [2.45, 2.75) is 45.2 Å². The molecule has 3 atom stereocenters. The minimum atomic E-state index is -0.688. The van der Waals surface area contributed by atoms with Gasteiger partial charge in [-0.2, -0.15) is 4.73 Å². The maximum absolute atomic E-state index is 14.2. The van der Waals surface area contributed by atoms with Crippen LogP contribution in [0.5, 0.6) is 0 Å². The molecule has 13 nitrogen and oxygen atoms in total. The maximum atomic E-state index is 14.2. The van der Waals surface area contributed by atoms with Gasteiger partial charge < -0.3 is 24.0 Å². The third-order valence-electron chi connectivity index (χ3n) is 7.93. The number of ketones is 2. The van der Waals surface area contributed by atoms with Crippen LogP contribution in [0.3, 0.4) is 0 Å². The van der Waals surface area contributed by atoms with Gasteiger partial charge in [-0.15, -0.1) is 5.10 Å². The van der Waals surface area contributed by atoms with Crippen LogP contribution in [0.1, 0.15) is 64.2 Å². The fourth-order valence-corrected chi connectivity index (χ4v) is 6.11. The molecule has 1 aliphatic heterocycles. The number of ether oxygens (including phenoxy) is 3. The van der Waals surface area contributed by atoms with E-state index in [1.165, 1.54) is 24.7 Å². The van der Waals surface area contributed by atoms with Gasteiger partial charge in [0.15, 0.2) is 12.4 Å². The third kappa shape index (κ3) is 4.40. The Hall–Kier alpha value is -5.43. The van der Waals surface area contributed by atoms with Crippen LogP contribution in [0.4, 0.5) is 0 Å². The zero-order valence-corrected chi connectivity index (χ0v) is 23.6. The van der Waals surface area contributed by atoms with Crippen molar-refractivity contribution in [3.8, 4) is 0 Å². The molecule has 0 radical (unpaired) electrons. The van der Waals surface area contributed by atoms with Gasteiger partial charge in [0.1, 0.15) is 30.2 Å². The van der Waals surface area contributed by atoms with Crippen molar-refractivity contribution >= 4 is 45.3 Å². The van der Waals surface area contributed by atoms with Gasteiger partial charge in [-0.3, -0.25) is 19.2 Å². The molecule has 13 heteroatoms. The van der Waals surface area contributed by atoms with Crippen molar-refractivity contribution < 1.29 is 38.1 Å². The second kappa shape index (κ2) is 10.4. The van der Waals surface area contributed by atoms with Crippen molar-refractivity contribution in [2.24, 2.45) is 0 Å². The normalized spacial score (nSPS) is 19.3. The van der Waals surface area contributed by atoms with Crippen molar-refractivity contribution in [2.75, 3.05) is 6.61 Å². The second-order valence-electron chi connectivity index (χ2n) is 10.8. The van der Waals surface area contributed by atoms with Crippen LogP contribution in [0, 0.1) is 5.21 Å². The molecular weight excluding hydrogens is 570 g/mol. The monoisotopic (exact) mass is 595 g/mol. The summed E-state index contributed by atoms with van der Waals surface area (Å²) in [6.07, 6.45) is 1.09. The number of hydrogen-bond acceptors (Lipinski definition) is 10. The molecule has 2 aliphatic rings. The summed E-state index contributed by atoms with van der Waals surface area (Å²) >= 11 is 0. The summed E-state index contributed by atoms with van der Waals surface area (Å²) in [5.74, 6) is -1.75. The number of fused-ring (bicyclic) bond motifs is 6. The van der Waals surface area contributed by atoms with Gasteiger partial charge in [-0.05, 0) is 12.1 Å². The Bertz CT molecular complexity index is 2030. The van der Waals surface area contributed by atoms with Crippen molar-refractivity contribution in [3.05, 3.63) is 94.2 Å². The van der Waals surface area contributed by atoms with Gasteiger partial charge in [0, 0.05) is 37.2 Å². The van der Waals surface area contributed by atoms with E-state index in [1.807, 2.05) is 12.1 Å². The van der Waals surface area contributed by atoms with Crippen LogP contribution in [-0.2, 0) is 30.3 Å². The molecule has 3 aromatic heterocycles. The molecule has 4 heterocycles. The fraction of sp³-hybridized carbons (Fsp3) is 0.258. The Morgan fingerprint density at radius 1 is 1.02 bits per heavy atom. The van der Waals surface area contributed by atoms with Crippen LogP contribution in [-0.4, -0.2) is 61.9 Å². The Morgan fingerprint density at radius 2 is 1.77 bits per heavy atom. The van der Waals surface area contributed by atoms with Crippen LogP contribution >= 0.6 is 0 Å². The first-order valence-electron chi connectivity index (χ1n) is 13.9. The molecule has 7 rings (SSSR count). The highest BCUT2D eigenvalue weighted by Gasteiger charge is 2.41. The molecule has 0 unspecified atom stereocenters. The van der Waals surface area contributed by atoms with E-state index in [4.69, 9.17) is 14.2 Å². The molecule has 0 N–H and O–H groups in total. The van der Waals surface area contributed by atoms with E-state index in [2.05, 4.69) is 10.3 Å². The van der Waals surface area contributed by atoms with E-state index in [-0.39, 0.29) is 53.3 Å². The van der Waals surface area contributed by atoms with E-state index in [0.29, 0.717) is 26.7 Å². The maximum Gasteiger partial charge on any atom is 0.303 e. The highest BCUT2D eigenvalue weighted by molar-refractivity contribution is 6.34. The zero-order chi connectivity index (χ0) is 30.7. The highest BCUT2D eigenvalue weighted by atomic mass is 16.6. The van der Waals surface area contributed by atoms with Crippen LogP contribution in [0.15, 0.2) is 60.9 Å². The Labute approximate surface area is 249 Å². The molecule has 5 aromatic rings. The number of carbonyl (C=O) groups excluding carboxylic acids is 4. The van der Waals surface area contributed by atoms with E-state index < -0.39 is 36.2 Å². The Morgan fingerprint density at radius 3 is 2.55 bits per heavy atom. The SMILES string of the molecule is CC(=O)OC[C@H]1O[C@@H](n2cc(Cn3c4c(c5ccccc53)C(=O)c3c[n+]([O-])c5ccccc5c3C4=O)nn2)C[C@@H]1OC(C)=O. The molecular formula is C31H25N5O8. The predicted molar refractivity (Wildman–Crippen MR) is 152 cm³/mol. The summed E-state index contributed by atoms with van der Waals surface area (Å²) in [5, 5.41) is 22.3. The first-order valence-corrected chi connectivity index (χ1v) is 13.9. The minimum Gasteiger partial charge on any atom is -0.618 e. The van der Waals surface area contributed by atoms with Crippen molar-refractivity contribution in [1.29, 1.82) is 0 Å². The number of esters is 2. The van der Waals surface area contributed by atoms with Gasteiger partial charge in [0.2, 0.25) is 17.1 Å². The first-order chi connectivity index (χ1) is 21.2. The second-order valence-corrected chi connectivity index (χ2v) is 10.8. The molecule has 1 aliphatic carbocycles. The number of benzene rings is 2. The molecule has 0 spiro atoms. The number of hydrogen-bond donors (Lipinski definition) is 0. The minimum absolute atomic E-state index is 0.0640. The van der Waals surface area contributed by atoms with Crippen LogP contribution in [0.2, 0.25) is 0 Å². The quantitative estimate of drug-likeness (QED) is 0.159. The summed E-state index contributed by atoms with van der Waals surface area (Å²) < 4.78 is 20.3. The Balaban J connectivity index is 1.26. The molecule has 44 heavy (non-hydrogen) atoms. The van der Waals surface area contributed by atoms with E-state index in [9.17, 15) is 24.4 Å². The van der Waals surface area contributed by atoms with Crippen molar-refractivity contribution in [3.63, 3.8) is 0 Å². The molecule has 2 aromatic carbocycles. The molecule has 0 saturated carbocycles. The van der Waals surface area contributed by atoms with Crippen LogP contribution < -0.4 is 4.73 Å². The number of nitrogens with zero attached hydrogens (tertiary/aromatic N) is 5. The fourth-order valence-electron chi connectivity index (χ4n) is 6.11. The van der Waals surface area contributed by atoms with Gasteiger partial charge >= 0.3 is 11.9 Å². The van der Waals surface area contributed by atoms with E-state index in [0.717, 1.165) is 0 Å². The number of pyridine rings is 1. The smallest absolute Gasteiger partial charge is 0.303 e. The van der Waals surface area contributed by atoms with E-state index >= 15 is 0 Å². The number of rotatable bonds is 6. The molecule has 222 valence electrons. The Kier molecular flexibility index (Phi) is 6.47. The lowest BCUT2D eigenvalue weighted by Crippen LogP contribution is -2.33. The molecule has 0 amide bonds. The lowest BCUT2D eigenvalue weighted by atomic mass is 9.85. The predicted octanol–water partition coefficient (Wildman–Crippen LogP) is 2.63. The highest BCUT2D eigenvalue weighted by Crippen LogP contribution is 2.37. The number of para-hydroxylation sites is 2. The molecule has 1 saturated heterocycles. The third-order valence-corrected chi connectivity index (χ3v) is 7.93. The average Bonchev–Trinajstić information content (AvgIpc) is 3.71.